The molecule has 0 atom stereocenters. The Bertz CT molecular complexity index is 1400. The van der Waals surface area contributed by atoms with Gasteiger partial charge in [-0.3, -0.25) is 0 Å². The first-order chi connectivity index (χ1) is 16.5. The Labute approximate surface area is 207 Å². The Morgan fingerprint density at radius 1 is 0.714 bits per heavy atom. The highest BCUT2D eigenvalue weighted by Gasteiger charge is 2.28. The molecule has 0 bridgehead atoms. The zero-order valence-electron chi connectivity index (χ0n) is 20.3. The van der Waals surface area contributed by atoms with E-state index in [0.717, 1.165) is 27.7 Å². The van der Waals surface area contributed by atoms with Crippen LogP contribution in [0, 0.1) is 11.6 Å². The molecule has 0 fully saturated rings. The van der Waals surface area contributed by atoms with Gasteiger partial charge in [0.15, 0.2) is 16.6 Å². The minimum absolute atomic E-state index is 0.322. The molecule has 0 amide bonds. The zero-order valence-corrected chi connectivity index (χ0v) is 22.3. The fourth-order valence-corrected chi connectivity index (χ4v) is 10.5. The molecular weight excluding hydrogens is 474 g/mol. The highest BCUT2D eigenvalue weighted by molar-refractivity contribution is 6.89. The average Bonchev–Trinajstić information content (AvgIpc) is 2.82. The highest BCUT2D eigenvalue weighted by atomic mass is 28.4. The molecule has 0 saturated heterocycles. The summed E-state index contributed by atoms with van der Waals surface area (Å²) in [7, 11) is -3.91. The second-order valence-corrected chi connectivity index (χ2v) is 17.5. The van der Waals surface area contributed by atoms with E-state index in [1.807, 2.05) is 23.9 Å². The molecule has 4 aromatic rings. The lowest BCUT2D eigenvalue weighted by molar-refractivity contribution is 0.571. The third-order valence-electron chi connectivity index (χ3n) is 5.62. The first kappa shape index (κ1) is 24.8. The van der Waals surface area contributed by atoms with Gasteiger partial charge in [0.05, 0.1) is 22.4 Å². The van der Waals surface area contributed by atoms with Crippen LogP contribution in [0.3, 0.4) is 0 Å². The Hall–Kier alpha value is -3.27. The Kier molecular flexibility index (Phi) is 6.94. The van der Waals surface area contributed by atoms with Crippen molar-refractivity contribution in [2.75, 3.05) is 0 Å². The minimum atomic E-state index is -2.03. The van der Waals surface area contributed by atoms with Crippen molar-refractivity contribution in [2.24, 2.45) is 0 Å². The Balaban J connectivity index is 1.78. The number of fused-ring (bicyclic) bond motifs is 1. The summed E-state index contributed by atoms with van der Waals surface area (Å²) in [6.45, 7) is 12.5. The molecule has 0 unspecified atom stereocenters. The first-order valence-electron chi connectivity index (χ1n) is 11.4. The van der Waals surface area contributed by atoms with Crippen LogP contribution < -0.4 is 0 Å². The third-order valence-corrected chi connectivity index (χ3v) is 11.8. The van der Waals surface area contributed by atoms with Gasteiger partial charge in [-0.05, 0) is 92.4 Å². The van der Waals surface area contributed by atoms with Crippen molar-refractivity contribution < 1.29 is 12.9 Å². The van der Waals surface area contributed by atoms with Crippen LogP contribution in [0.25, 0.3) is 39.6 Å². The van der Waals surface area contributed by atoms with Gasteiger partial charge in [0.25, 0.3) is 0 Å². The highest BCUT2D eigenvalue weighted by Crippen LogP contribution is 2.31. The predicted octanol–water partition coefficient (Wildman–Crippen LogP) is 7.95. The average molecular weight is 503 g/mol. The van der Waals surface area contributed by atoms with Gasteiger partial charge < -0.3 is 4.12 Å². The Morgan fingerprint density at radius 2 is 1.23 bits per heavy atom. The number of hydrogen-bond acceptors (Lipinski definition) is 3. The zero-order chi connectivity index (χ0) is 25.2. The summed E-state index contributed by atoms with van der Waals surface area (Å²) in [4.78, 5) is 9.77. The standard InChI is InChI=1S/C28H28F2N2OSi2/c1-6-34(2,3)33-35(4,5)18-17-20-7-16-25-26(19-20)32-28(22-10-14-24(30)15-11-22)27(31-25)21-8-12-23(29)13-9-21/h6-19H,1H2,2-5H3/b18-17+. The third kappa shape index (κ3) is 6.06. The van der Waals surface area contributed by atoms with E-state index in [1.165, 1.54) is 24.3 Å². The van der Waals surface area contributed by atoms with Gasteiger partial charge in [-0.25, -0.2) is 18.7 Å². The summed E-state index contributed by atoms with van der Waals surface area (Å²) in [6.07, 6.45) is 2.08. The van der Waals surface area contributed by atoms with E-state index in [9.17, 15) is 8.78 Å². The van der Waals surface area contributed by atoms with Gasteiger partial charge in [-0.15, -0.1) is 6.58 Å². The fourth-order valence-electron chi connectivity index (χ4n) is 3.84. The van der Waals surface area contributed by atoms with E-state index in [-0.39, 0.29) is 11.6 Å². The number of aromatic nitrogens is 2. The van der Waals surface area contributed by atoms with E-state index in [2.05, 4.69) is 44.5 Å². The number of rotatable bonds is 7. The molecule has 0 spiro atoms. The monoisotopic (exact) mass is 502 g/mol. The summed E-state index contributed by atoms with van der Waals surface area (Å²) in [5.74, 6) is -0.646. The molecule has 0 aliphatic heterocycles. The summed E-state index contributed by atoms with van der Waals surface area (Å²) in [6, 6.07) is 18.2. The molecule has 0 radical (unpaired) electrons. The topological polar surface area (TPSA) is 35.0 Å². The summed E-state index contributed by atoms with van der Waals surface area (Å²) in [5, 5.41) is 0. The van der Waals surface area contributed by atoms with Gasteiger partial charge in [-0.1, -0.05) is 23.5 Å². The summed E-state index contributed by atoms with van der Waals surface area (Å²) in [5.41, 5.74) is 9.27. The Morgan fingerprint density at radius 3 is 1.74 bits per heavy atom. The second kappa shape index (κ2) is 9.77. The molecular formula is C28H28F2N2OSi2. The molecule has 0 aliphatic rings. The minimum Gasteiger partial charge on any atom is -0.449 e. The van der Waals surface area contributed by atoms with Gasteiger partial charge in [-0.2, -0.15) is 0 Å². The van der Waals surface area contributed by atoms with Gasteiger partial charge >= 0.3 is 0 Å². The maximum absolute atomic E-state index is 13.6. The summed E-state index contributed by atoms with van der Waals surface area (Å²) >= 11 is 0. The molecule has 1 aromatic heterocycles. The van der Waals surface area contributed by atoms with Crippen LogP contribution in [0.2, 0.25) is 26.2 Å². The van der Waals surface area contributed by atoms with Crippen LogP contribution in [0.5, 0.6) is 0 Å². The SMILES string of the molecule is C=C[Si](C)(C)O[Si](C)(C)/C=C/c1ccc2nc(-c3ccc(F)cc3)c(-c3ccc(F)cc3)nc2c1. The normalized spacial score (nSPS) is 12.4. The van der Waals surface area contributed by atoms with Crippen LogP contribution in [0.15, 0.2) is 84.7 Å². The van der Waals surface area contributed by atoms with Crippen LogP contribution in [-0.2, 0) is 4.12 Å². The molecule has 7 heteroatoms. The van der Waals surface area contributed by atoms with Crippen LogP contribution in [0.4, 0.5) is 8.78 Å². The van der Waals surface area contributed by atoms with Crippen molar-refractivity contribution in [2.45, 2.75) is 26.2 Å². The van der Waals surface area contributed by atoms with Gasteiger partial charge in [0.2, 0.25) is 0 Å². The number of halogens is 2. The summed E-state index contributed by atoms with van der Waals surface area (Å²) < 4.78 is 33.6. The molecule has 0 N–H and O–H groups in total. The lowest BCUT2D eigenvalue weighted by atomic mass is 10.0. The van der Waals surface area contributed by atoms with E-state index in [1.54, 1.807) is 24.3 Å². The van der Waals surface area contributed by atoms with Gasteiger partial charge in [0, 0.05) is 11.1 Å². The van der Waals surface area contributed by atoms with E-state index < -0.39 is 16.6 Å². The van der Waals surface area contributed by atoms with Crippen LogP contribution in [0.1, 0.15) is 5.56 Å². The largest absolute Gasteiger partial charge is 0.449 e. The second-order valence-electron chi connectivity index (χ2n) is 9.53. The van der Waals surface area contributed by atoms with E-state index in [4.69, 9.17) is 14.1 Å². The number of hydrogen-bond donors (Lipinski definition) is 0. The number of nitrogens with zero attached hydrogens (tertiary/aromatic N) is 2. The quantitative estimate of drug-likeness (QED) is 0.241. The molecule has 3 aromatic carbocycles. The maximum Gasteiger partial charge on any atom is 0.198 e. The molecule has 3 nitrogen and oxygen atoms in total. The first-order valence-corrected chi connectivity index (χ1v) is 17.4. The lowest BCUT2D eigenvalue weighted by Gasteiger charge is -2.29. The van der Waals surface area contributed by atoms with Crippen LogP contribution >= 0.6 is 0 Å². The van der Waals surface area contributed by atoms with Crippen LogP contribution in [-0.4, -0.2) is 26.6 Å². The molecule has 0 saturated carbocycles. The predicted molar refractivity (Wildman–Crippen MR) is 146 cm³/mol. The molecule has 35 heavy (non-hydrogen) atoms. The van der Waals surface area contributed by atoms with E-state index in [0.29, 0.717) is 11.4 Å². The van der Waals surface area contributed by atoms with Crippen molar-refractivity contribution in [1.82, 2.24) is 9.97 Å². The fraction of sp³-hybridized carbons (Fsp3) is 0.143. The smallest absolute Gasteiger partial charge is 0.198 e. The van der Waals surface area contributed by atoms with E-state index >= 15 is 0 Å². The molecule has 0 aliphatic carbocycles. The van der Waals surface area contributed by atoms with Crippen molar-refractivity contribution in [3.8, 4) is 22.5 Å². The number of benzene rings is 3. The van der Waals surface area contributed by atoms with Gasteiger partial charge in [0.1, 0.15) is 11.6 Å². The van der Waals surface area contributed by atoms with Crippen molar-refractivity contribution in [3.05, 3.63) is 102 Å². The molecule has 178 valence electrons. The van der Waals surface area contributed by atoms with Crippen molar-refractivity contribution in [3.63, 3.8) is 0 Å². The van der Waals surface area contributed by atoms with Crippen molar-refractivity contribution >= 4 is 33.7 Å². The maximum atomic E-state index is 13.6. The molecule has 4 rings (SSSR count). The van der Waals surface area contributed by atoms with Crippen molar-refractivity contribution in [1.29, 1.82) is 0 Å². The lowest BCUT2D eigenvalue weighted by Crippen LogP contribution is -2.42. The molecule has 1 heterocycles.